The van der Waals surface area contributed by atoms with Crippen molar-refractivity contribution in [3.05, 3.63) is 46.1 Å². The Labute approximate surface area is 89.2 Å². The maximum atomic E-state index is 13.0. The largest absolute Gasteiger partial charge is 0.465 e. The van der Waals surface area contributed by atoms with E-state index in [1.54, 1.807) is 0 Å². The fourth-order valence-electron chi connectivity index (χ4n) is 1.41. The summed E-state index contributed by atoms with van der Waals surface area (Å²) in [4.78, 5) is 22.5. The number of hydrogen-bond donors (Lipinski definition) is 0. The van der Waals surface area contributed by atoms with Crippen molar-refractivity contribution in [1.82, 2.24) is 0 Å². The molecule has 5 heteroatoms. The maximum Gasteiger partial charge on any atom is 0.338 e. The van der Waals surface area contributed by atoms with Crippen LogP contribution in [0.2, 0.25) is 0 Å². The summed E-state index contributed by atoms with van der Waals surface area (Å²) in [6.45, 7) is 0. The van der Waals surface area contributed by atoms with Crippen molar-refractivity contribution >= 4 is 16.9 Å². The Hall–Kier alpha value is -2.17. The minimum absolute atomic E-state index is 0.00625. The molecule has 0 aliphatic heterocycles. The van der Waals surface area contributed by atoms with Gasteiger partial charge in [0.05, 0.1) is 12.7 Å². The number of esters is 1. The first-order chi connectivity index (χ1) is 7.61. The highest BCUT2D eigenvalue weighted by Crippen LogP contribution is 2.18. The molecule has 0 radical (unpaired) electrons. The van der Waals surface area contributed by atoms with Crippen molar-refractivity contribution < 1.29 is 18.3 Å². The lowest BCUT2D eigenvalue weighted by Crippen LogP contribution is -2.08. The van der Waals surface area contributed by atoms with Crippen molar-refractivity contribution in [1.29, 1.82) is 0 Å². The molecule has 0 unspecified atom stereocenters. The van der Waals surface area contributed by atoms with Gasteiger partial charge in [0.1, 0.15) is 11.4 Å². The summed E-state index contributed by atoms with van der Waals surface area (Å²) in [5, 5.41) is 0.214. The van der Waals surface area contributed by atoms with Gasteiger partial charge in [0.25, 0.3) is 0 Å². The van der Waals surface area contributed by atoms with Crippen molar-refractivity contribution in [2.75, 3.05) is 7.11 Å². The molecule has 0 atom stereocenters. The lowest BCUT2D eigenvalue weighted by molar-refractivity contribution is 0.0602. The summed E-state index contributed by atoms with van der Waals surface area (Å²) >= 11 is 0. The summed E-state index contributed by atoms with van der Waals surface area (Å²) in [7, 11) is 1.18. The van der Waals surface area contributed by atoms with E-state index in [4.69, 9.17) is 4.42 Å². The number of benzene rings is 1. The zero-order valence-corrected chi connectivity index (χ0v) is 8.32. The first-order valence-corrected chi connectivity index (χ1v) is 4.43. The number of ether oxygens (including phenoxy) is 1. The first-order valence-electron chi connectivity index (χ1n) is 4.43. The predicted octanol–water partition coefficient (Wildman–Crippen LogP) is 1.72. The molecule has 2 rings (SSSR count). The summed E-state index contributed by atoms with van der Waals surface area (Å²) in [6, 6.07) is 4.53. The second-order valence-corrected chi connectivity index (χ2v) is 3.11. The third-order valence-corrected chi connectivity index (χ3v) is 2.11. The fourth-order valence-corrected chi connectivity index (χ4v) is 1.41. The van der Waals surface area contributed by atoms with Crippen LogP contribution in [0, 0.1) is 5.82 Å². The number of rotatable bonds is 1. The van der Waals surface area contributed by atoms with Gasteiger partial charge in [-0.05, 0) is 18.2 Å². The van der Waals surface area contributed by atoms with E-state index in [0.717, 1.165) is 18.2 Å². The van der Waals surface area contributed by atoms with Crippen LogP contribution in [0.5, 0.6) is 0 Å². The standard InChI is InChI=1S/C11H7FO4/c1-15-11(14)8-5-10(13)16-9-3-2-6(12)4-7(8)9/h2-5H,1H3. The molecule has 0 N–H and O–H groups in total. The van der Waals surface area contributed by atoms with Gasteiger partial charge in [-0.3, -0.25) is 0 Å². The number of carbonyl (C=O) groups is 1. The highest BCUT2D eigenvalue weighted by molar-refractivity contribution is 6.02. The van der Waals surface area contributed by atoms with Crippen LogP contribution in [0.15, 0.2) is 33.5 Å². The van der Waals surface area contributed by atoms with Gasteiger partial charge in [-0.15, -0.1) is 0 Å². The molecule has 0 bridgehead atoms. The summed E-state index contributed by atoms with van der Waals surface area (Å²) < 4.78 is 22.3. The van der Waals surface area contributed by atoms with E-state index in [1.165, 1.54) is 13.2 Å². The van der Waals surface area contributed by atoms with Crippen molar-refractivity contribution in [3.63, 3.8) is 0 Å². The third-order valence-electron chi connectivity index (χ3n) is 2.11. The number of hydrogen-bond acceptors (Lipinski definition) is 4. The molecule has 0 saturated heterocycles. The van der Waals surface area contributed by atoms with Crippen molar-refractivity contribution in [2.45, 2.75) is 0 Å². The minimum atomic E-state index is -0.705. The van der Waals surface area contributed by atoms with Gasteiger partial charge in [0, 0.05) is 11.5 Å². The number of carbonyl (C=O) groups excluding carboxylic acids is 1. The minimum Gasteiger partial charge on any atom is -0.465 e. The average molecular weight is 222 g/mol. The second kappa shape index (κ2) is 3.77. The van der Waals surface area contributed by atoms with Crippen molar-refractivity contribution in [3.8, 4) is 0 Å². The fraction of sp³-hybridized carbons (Fsp3) is 0.0909. The van der Waals surface area contributed by atoms with E-state index < -0.39 is 17.4 Å². The third kappa shape index (κ3) is 1.67. The van der Waals surface area contributed by atoms with Gasteiger partial charge in [-0.2, -0.15) is 0 Å². The van der Waals surface area contributed by atoms with Crippen LogP contribution in [0.3, 0.4) is 0 Å². The predicted molar refractivity (Wildman–Crippen MR) is 53.8 cm³/mol. The van der Waals surface area contributed by atoms with Crippen molar-refractivity contribution in [2.24, 2.45) is 0 Å². The van der Waals surface area contributed by atoms with E-state index in [9.17, 15) is 14.0 Å². The van der Waals surface area contributed by atoms with Crippen LogP contribution in [0.4, 0.5) is 4.39 Å². The summed E-state index contributed by atoms with van der Waals surface area (Å²) in [6.07, 6.45) is 0. The van der Waals surface area contributed by atoms with Gasteiger partial charge in [-0.25, -0.2) is 14.0 Å². The Balaban J connectivity index is 2.84. The lowest BCUT2D eigenvalue weighted by atomic mass is 10.1. The van der Waals surface area contributed by atoms with Gasteiger partial charge >= 0.3 is 11.6 Å². The zero-order chi connectivity index (χ0) is 11.7. The maximum absolute atomic E-state index is 13.0. The van der Waals surface area contributed by atoms with E-state index in [2.05, 4.69) is 4.74 Å². The molecule has 1 heterocycles. The Morgan fingerprint density at radius 3 is 2.81 bits per heavy atom. The number of fused-ring (bicyclic) bond motifs is 1. The Kier molecular flexibility index (Phi) is 2.44. The van der Waals surface area contributed by atoms with E-state index in [0.29, 0.717) is 0 Å². The van der Waals surface area contributed by atoms with Gasteiger partial charge in [0.15, 0.2) is 0 Å². The van der Waals surface area contributed by atoms with Crippen LogP contribution in [-0.2, 0) is 4.74 Å². The molecule has 2 aromatic rings. The van der Waals surface area contributed by atoms with Crippen LogP contribution in [-0.4, -0.2) is 13.1 Å². The molecule has 0 aliphatic carbocycles. The lowest BCUT2D eigenvalue weighted by Gasteiger charge is -2.02. The SMILES string of the molecule is COC(=O)c1cc(=O)oc2ccc(F)cc12. The van der Waals surface area contributed by atoms with Crippen LogP contribution >= 0.6 is 0 Å². The molecule has 16 heavy (non-hydrogen) atoms. The Morgan fingerprint density at radius 2 is 2.12 bits per heavy atom. The molecule has 0 amide bonds. The number of methoxy groups -OCH3 is 1. The smallest absolute Gasteiger partial charge is 0.338 e. The summed E-state index contributed by atoms with van der Waals surface area (Å²) in [5.41, 5.74) is -0.540. The highest BCUT2D eigenvalue weighted by atomic mass is 19.1. The zero-order valence-electron chi connectivity index (χ0n) is 8.32. The molecular formula is C11H7FO4. The monoisotopic (exact) mass is 222 g/mol. The normalized spacial score (nSPS) is 10.4. The molecule has 4 nitrogen and oxygen atoms in total. The number of halogens is 1. The van der Waals surface area contributed by atoms with E-state index in [-0.39, 0.29) is 16.5 Å². The molecular weight excluding hydrogens is 215 g/mol. The van der Waals surface area contributed by atoms with Crippen LogP contribution in [0.25, 0.3) is 11.0 Å². The first kappa shape index (κ1) is 10.4. The van der Waals surface area contributed by atoms with Gasteiger partial charge in [0.2, 0.25) is 0 Å². The quantitative estimate of drug-likeness (QED) is 0.544. The Morgan fingerprint density at radius 1 is 1.38 bits per heavy atom. The summed E-state index contributed by atoms with van der Waals surface area (Å²) in [5.74, 6) is -1.23. The molecule has 0 saturated carbocycles. The van der Waals surface area contributed by atoms with Gasteiger partial charge in [-0.1, -0.05) is 0 Å². The molecule has 1 aromatic heterocycles. The highest BCUT2D eigenvalue weighted by Gasteiger charge is 2.13. The van der Waals surface area contributed by atoms with E-state index in [1.807, 2.05) is 0 Å². The van der Waals surface area contributed by atoms with Gasteiger partial charge < -0.3 is 9.15 Å². The molecule has 0 aliphatic rings. The topological polar surface area (TPSA) is 56.5 Å². The second-order valence-electron chi connectivity index (χ2n) is 3.11. The molecule has 1 aromatic carbocycles. The van der Waals surface area contributed by atoms with E-state index >= 15 is 0 Å². The van der Waals surface area contributed by atoms with Crippen LogP contribution in [0.1, 0.15) is 10.4 Å². The molecule has 0 fully saturated rings. The average Bonchev–Trinajstić information content (AvgIpc) is 2.27. The Bertz CT molecular complexity index is 615. The molecule has 0 spiro atoms. The van der Waals surface area contributed by atoms with Crippen LogP contribution < -0.4 is 5.63 Å². The molecule has 82 valence electrons.